The molecule has 0 aliphatic carbocycles. The van der Waals surface area contributed by atoms with Crippen LogP contribution in [0.1, 0.15) is 20.8 Å². The van der Waals surface area contributed by atoms with E-state index in [0.29, 0.717) is 31.1 Å². The van der Waals surface area contributed by atoms with Crippen LogP contribution in [0.5, 0.6) is 0 Å². The summed E-state index contributed by atoms with van der Waals surface area (Å²) in [6.07, 6.45) is 1.98. The number of nitrogens with one attached hydrogen (secondary N) is 2. The minimum atomic E-state index is -0.888. The number of hydrogen-bond acceptors (Lipinski definition) is 7. The molecule has 1 unspecified atom stereocenters. The van der Waals surface area contributed by atoms with E-state index in [1.54, 1.807) is 6.20 Å². The van der Waals surface area contributed by atoms with E-state index in [1.807, 2.05) is 54.6 Å². The highest BCUT2D eigenvalue weighted by Crippen LogP contribution is 2.31. The predicted octanol–water partition coefficient (Wildman–Crippen LogP) is 5.87. The quantitative estimate of drug-likeness (QED) is 0.303. The van der Waals surface area contributed by atoms with Gasteiger partial charge in [-0.1, -0.05) is 45.0 Å². The Morgan fingerprint density at radius 1 is 1.00 bits per heavy atom. The van der Waals surface area contributed by atoms with E-state index in [4.69, 9.17) is 0 Å². The summed E-state index contributed by atoms with van der Waals surface area (Å²) in [5.74, 6) is 0.239. The van der Waals surface area contributed by atoms with Gasteiger partial charge < -0.3 is 25.5 Å². The Kier molecular flexibility index (Phi) is 6.71. The molecule has 3 N–H and O–H groups in total. The number of nitrogens with zero attached hydrogens (tertiary/aromatic N) is 5. The Bertz CT molecular complexity index is 1460. The van der Waals surface area contributed by atoms with E-state index < -0.39 is 11.9 Å². The third kappa shape index (κ3) is 5.44. The lowest BCUT2D eigenvalue weighted by atomic mass is 9.84. The summed E-state index contributed by atoms with van der Waals surface area (Å²) in [6.45, 7) is 7.80. The van der Waals surface area contributed by atoms with Gasteiger partial charge in [-0.05, 0) is 41.1 Å². The Morgan fingerprint density at radius 2 is 1.74 bits per heavy atom. The van der Waals surface area contributed by atoms with Crippen molar-refractivity contribution in [3.8, 4) is 0 Å². The summed E-state index contributed by atoms with van der Waals surface area (Å²) in [5.41, 5.74) is 1.44. The van der Waals surface area contributed by atoms with Crippen LogP contribution in [0.3, 0.4) is 0 Å². The first-order chi connectivity index (χ1) is 18.2. The Hall–Kier alpha value is -4.47. The number of anilines is 5. The molecule has 1 aliphatic rings. The number of carbonyl (C=O) groups is 1. The second kappa shape index (κ2) is 10.1. The minimum absolute atomic E-state index is 0.0407. The lowest BCUT2D eigenvalue weighted by molar-refractivity contribution is 0.0748. The number of aromatic nitrogens is 3. The van der Waals surface area contributed by atoms with Gasteiger partial charge in [0, 0.05) is 42.6 Å². The third-order valence-electron chi connectivity index (χ3n) is 6.74. The van der Waals surface area contributed by atoms with Crippen molar-refractivity contribution in [2.45, 2.75) is 26.8 Å². The van der Waals surface area contributed by atoms with Crippen molar-refractivity contribution in [3.05, 3.63) is 72.8 Å². The summed E-state index contributed by atoms with van der Waals surface area (Å²) in [5, 5.41) is 17.7. The molecule has 1 saturated heterocycles. The molecule has 1 fully saturated rings. The SMILES string of the molecule is CC(C)(C)C1CN(c2ccc(Nc3nc(Nc4cc5ccccc5cn4)ncc3F)cc2)CCN1C(=O)O. The third-order valence-corrected chi connectivity index (χ3v) is 6.74. The molecule has 1 amide bonds. The molecule has 38 heavy (non-hydrogen) atoms. The van der Waals surface area contributed by atoms with E-state index in [1.165, 1.54) is 4.90 Å². The second-order valence-electron chi connectivity index (χ2n) is 10.4. The molecule has 3 heterocycles. The Morgan fingerprint density at radius 3 is 2.45 bits per heavy atom. The molecule has 196 valence electrons. The van der Waals surface area contributed by atoms with Crippen molar-refractivity contribution in [3.63, 3.8) is 0 Å². The molecule has 2 aromatic carbocycles. The van der Waals surface area contributed by atoms with Crippen molar-refractivity contribution in [2.75, 3.05) is 35.2 Å². The van der Waals surface area contributed by atoms with Crippen LogP contribution in [0, 0.1) is 11.2 Å². The van der Waals surface area contributed by atoms with Crippen molar-refractivity contribution in [1.29, 1.82) is 0 Å². The number of halogens is 1. The van der Waals surface area contributed by atoms with Gasteiger partial charge in [0.15, 0.2) is 11.6 Å². The van der Waals surface area contributed by atoms with Crippen molar-refractivity contribution in [2.24, 2.45) is 5.41 Å². The normalized spacial score (nSPS) is 15.9. The molecule has 1 atom stereocenters. The van der Waals surface area contributed by atoms with Gasteiger partial charge in [0.05, 0.1) is 12.2 Å². The van der Waals surface area contributed by atoms with Gasteiger partial charge in [-0.25, -0.2) is 19.2 Å². The van der Waals surface area contributed by atoms with Gasteiger partial charge in [-0.3, -0.25) is 0 Å². The van der Waals surface area contributed by atoms with E-state index in [-0.39, 0.29) is 23.2 Å². The van der Waals surface area contributed by atoms with Crippen LogP contribution in [0.15, 0.2) is 67.0 Å². The van der Waals surface area contributed by atoms with E-state index in [2.05, 4.69) is 51.3 Å². The first-order valence-electron chi connectivity index (χ1n) is 12.4. The fourth-order valence-corrected chi connectivity index (χ4v) is 4.66. The lowest BCUT2D eigenvalue weighted by Gasteiger charge is -2.46. The van der Waals surface area contributed by atoms with E-state index in [9.17, 15) is 14.3 Å². The summed E-state index contributed by atoms with van der Waals surface area (Å²) in [7, 11) is 0. The molecule has 0 spiro atoms. The Balaban J connectivity index is 1.29. The summed E-state index contributed by atoms with van der Waals surface area (Å²) >= 11 is 0. The molecular formula is C28H30FN7O2. The number of pyridine rings is 1. The molecule has 10 heteroatoms. The highest BCUT2D eigenvalue weighted by Gasteiger charge is 2.38. The van der Waals surface area contributed by atoms with Gasteiger partial charge in [0.2, 0.25) is 5.95 Å². The smallest absolute Gasteiger partial charge is 0.407 e. The molecule has 0 saturated carbocycles. The zero-order valence-electron chi connectivity index (χ0n) is 21.5. The maximum absolute atomic E-state index is 14.5. The number of piperazine rings is 1. The minimum Gasteiger partial charge on any atom is -0.465 e. The van der Waals surface area contributed by atoms with Gasteiger partial charge in [0.25, 0.3) is 0 Å². The van der Waals surface area contributed by atoms with E-state index in [0.717, 1.165) is 22.7 Å². The number of amides is 1. The van der Waals surface area contributed by atoms with Crippen LogP contribution >= 0.6 is 0 Å². The van der Waals surface area contributed by atoms with Gasteiger partial charge >= 0.3 is 6.09 Å². The molecular weight excluding hydrogens is 485 g/mol. The molecule has 2 aromatic heterocycles. The van der Waals surface area contributed by atoms with Crippen LogP contribution in [-0.2, 0) is 0 Å². The first kappa shape index (κ1) is 25.2. The summed E-state index contributed by atoms with van der Waals surface area (Å²) in [4.78, 5) is 28.2. The summed E-state index contributed by atoms with van der Waals surface area (Å²) < 4.78 is 14.5. The van der Waals surface area contributed by atoms with Gasteiger partial charge in [-0.2, -0.15) is 4.98 Å². The van der Waals surface area contributed by atoms with E-state index >= 15 is 0 Å². The monoisotopic (exact) mass is 515 g/mol. The maximum atomic E-state index is 14.5. The molecule has 9 nitrogen and oxygen atoms in total. The number of benzene rings is 2. The predicted molar refractivity (Wildman–Crippen MR) is 147 cm³/mol. The zero-order valence-corrected chi connectivity index (χ0v) is 21.5. The largest absolute Gasteiger partial charge is 0.465 e. The average Bonchev–Trinajstić information content (AvgIpc) is 2.90. The number of hydrogen-bond donors (Lipinski definition) is 3. The topological polar surface area (TPSA) is 107 Å². The van der Waals surface area contributed by atoms with Crippen molar-refractivity contribution >= 4 is 45.8 Å². The van der Waals surface area contributed by atoms with Crippen LogP contribution in [0.4, 0.5) is 38.1 Å². The fourth-order valence-electron chi connectivity index (χ4n) is 4.66. The number of rotatable bonds is 5. The highest BCUT2D eigenvalue weighted by atomic mass is 19.1. The van der Waals surface area contributed by atoms with Crippen LogP contribution < -0.4 is 15.5 Å². The maximum Gasteiger partial charge on any atom is 0.407 e. The molecule has 0 radical (unpaired) electrons. The van der Waals surface area contributed by atoms with Crippen molar-refractivity contribution in [1.82, 2.24) is 19.9 Å². The number of fused-ring (bicyclic) bond motifs is 1. The van der Waals surface area contributed by atoms with Crippen LogP contribution in [0.2, 0.25) is 0 Å². The van der Waals surface area contributed by atoms with Crippen LogP contribution in [0.25, 0.3) is 10.8 Å². The standard InChI is InChI=1S/C28H30FN7O2/c1-28(2,3)23-17-35(12-13-36(23)27(37)38)21-10-8-20(9-11-21)32-25-22(29)16-31-26(34-25)33-24-14-18-6-4-5-7-19(18)15-30-24/h4-11,14-16,23H,12-13,17H2,1-3H3,(H,37,38)(H2,30,31,32,33,34). The molecule has 4 aromatic rings. The zero-order chi connectivity index (χ0) is 26.9. The highest BCUT2D eigenvalue weighted by molar-refractivity contribution is 5.84. The lowest BCUT2D eigenvalue weighted by Crippen LogP contribution is -2.59. The molecule has 5 rings (SSSR count). The number of carboxylic acid groups (broad SMARTS) is 1. The van der Waals surface area contributed by atoms with Gasteiger partial charge in [-0.15, -0.1) is 0 Å². The first-order valence-corrected chi connectivity index (χ1v) is 12.4. The van der Waals surface area contributed by atoms with Crippen LogP contribution in [-0.4, -0.2) is 56.7 Å². The Labute approximate surface area is 220 Å². The fraction of sp³-hybridized carbons (Fsp3) is 0.286. The van der Waals surface area contributed by atoms with Gasteiger partial charge in [0.1, 0.15) is 5.82 Å². The molecule has 1 aliphatic heterocycles. The average molecular weight is 516 g/mol. The molecule has 0 bridgehead atoms. The summed E-state index contributed by atoms with van der Waals surface area (Å²) in [6, 6.07) is 17.2. The second-order valence-corrected chi connectivity index (χ2v) is 10.4. The van der Waals surface area contributed by atoms with Crippen molar-refractivity contribution < 1.29 is 14.3 Å².